The number of benzene rings is 1. The maximum atomic E-state index is 12.8. The van der Waals surface area contributed by atoms with Gasteiger partial charge in [-0.15, -0.1) is 4.95 Å². The fourth-order valence-electron chi connectivity index (χ4n) is 1.83. The van der Waals surface area contributed by atoms with Crippen molar-refractivity contribution in [3.8, 4) is 5.69 Å². The fraction of sp³-hybridized carbons (Fsp3) is 0.143. The molecule has 102 valence electrons. The fourth-order valence-corrected chi connectivity index (χ4v) is 3.26. The number of nitrogens with zero attached hydrogens (tertiary/aromatic N) is 3. The van der Waals surface area contributed by atoms with E-state index in [-0.39, 0.29) is 11.8 Å². The van der Waals surface area contributed by atoms with Crippen LogP contribution in [0.1, 0.15) is 8.29 Å². The Morgan fingerprint density at radius 1 is 1.40 bits per heavy atom. The largest absolute Gasteiger partial charge is 0.283 e. The van der Waals surface area contributed by atoms with Crippen molar-refractivity contribution in [3.63, 3.8) is 0 Å². The van der Waals surface area contributed by atoms with Crippen molar-refractivity contribution in [2.45, 2.75) is 11.8 Å². The Kier molecular flexibility index (Phi) is 3.61. The first kappa shape index (κ1) is 12.6. The summed E-state index contributed by atoms with van der Waals surface area (Å²) in [5.74, 6) is 0.178. The van der Waals surface area contributed by atoms with Gasteiger partial charge in [0.25, 0.3) is 5.56 Å². The van der Waals surface area contributed by atoms with Gasteiger partial charge in [-0.1, -0.05) is 25.1 Å². The molecule has 0 bridgehead atoms. The van der Waals surface area contributed by atoms with Crippen LogP contribution in [-0.2, 0) is 9.73 Å². The van der Waals surface area contributed by atoms with Gasteiger partial charge in [-0.05, 0) is 18.2 Å². The molecule has 0 N–H and O–H groups in total. The topological polar surface area (TPSA) is 55.8 Å². The van der Waals surface area contributed by atoms with Crippen molar-refractivity contribution in [2.75, 3.05) is 5.75 Å². The van der Waals surface area contributed by atoms with Gasteiger partial charge in [0, 0.05) is 18.0 Å². The maximum absolute atomic E-state index is 12.8. The Hall–Kier alpha value is -2.39. The second-order valence-corrected chi connectivity index (χ2v) is 6.37. The summed E-state index contributed by atoms with van der Waals surface area (Å²) < 4.78 is 25.1. The smallest absolute Gasteiger partial charge is 0.255 e. The van der Waals surface area contributed by atoms with Crippen LogP contribution in [0.4, 0.5) is 0 Å². The third-order valence-corrected chi connectivity index (χ3v) is 4.96. The number of hydrogen-bond donors (Lipinski definition) is 0. The molecule has 1 unspecified atom stereocenters. The van der Waals surface area contributed by atoms with Crippen LogP contribution < -0.4 is 5.56 Å². The van der Waals surface area contributed by atoms with Gasteiger partial charge in [0.2, 0.25) is 0 Å². The van der Waals surface area contributed by atoms with E-state index in [2.05, 4.69) is 9.43 Å². The minimum absolute atomic E-state index is 0.107. The predicted octanol–water partition coefficient (Wildman–Crippen LogP) is 2.52. The van der Waals surface area contributed by atoms with Gasteiger partial charge in [-0.25, -0.2) is 4.21 Å². The molecule has 2 rings (SSSR count). The van der Waals surface area contributed by atoms with Crippen molar-refractivity contribution in [3.05, 3.63) is 70.5 Å². The molecule has 20 heavy (non-hydrogen) atoms. The Balaban J connectivity index is 2.80. The molecular formula is C14H13N3O2S. The van der Waals surface area contributed by atoms with E-state index in [1.807, 2.05) is 0 Å². The minimum Gasteiger partial charge on any atom is -0.283 e. The highest BCUT2D eigenvalue weighted by Gasteiger charge is 2.19. The second kappa shape index (κ2) is 5.72. The summed E-state index contributed by atoms with van der Waals surface area (Å²) in [6.07, 6.45) is 1.46. The van der Waals surface area contributed by atoms with E-state index in [1.165, 1.54) is 22.9 Å². The lowest BCUT2D eigenvalue weighted by molar-refractivity contribution is 0.676. The quantitative estimate of drug-likeness (QED) is 0.644. The van der Waals surface area contributed by atoms with Gasteiger partial charge in [0.05, 0.1) is 12.0 Å². The van der Waals surface area contributed by atoms with Crippen LogP contribution in [0.5, 0.6) is 0 Å². The summed E-state index contributed by atoms with van der Waals surface area (Å²) in [5, 5.41) is 0. The molecule has 0 spiro atoms. The molecule has 0 radical (unpaired) electrons. The molecule has 0 aliphatic heterocycles. The molecule has 0 saturated carbocycles. The molecule has 2 aromatic rings. The van der Waals surface area contributed by atoms with E-state index in [1.54, 1.807) is 31.2 Å². The maximum Gasteiger partial charge on any atom is 0.255 e. The first-order chi connectivity index (χ1) is 10.0. The van der Waals surface area contributed by atoms with Crippen molar-refractivity contribution in [1.29, 1.82) is 0 Å². The molecular weight excluding hydrogens is 274 g/mol. The van der Waals surface area contributed by atoms with Crippen LogP contribution in [0, 0.1) is 6.57 Å². The van der Waals surface area contributed by atoms with Crippen molar-refractivity contribution in [2.24, 2.45) is 4.47 Å². The molecule has 0 aliphatic carbocycles. The lowest BCUT2D eigenvalue weighted by Gasteiger charge is -2.11. The van der Waals surface area contributed by atoms with Crippen LogP contribution in [-0.4, -0.2) is 14.5 Å². The van der Waals surface area contributed by atoms with E-state index in [0.717, 1.165) is 0 Å². The molecule has 6 heteroatoms. The SMILES string of the molecule is [3H]c1ccn(-c2ccccc2S(=O)(CC)=N[N+]#[C-])c(=O)c1. The lowest BCUT2D eigenvalue weighted by atomic mass is 10.3. The van der Waals surface area contributed by atoms with Crippen molar-refractivity contribution in [1.82, 2.24) is 4.57 Å². The van der Waals surface area contributed by atoms with Crippen molar-refractivity contribution >= 4 is 9.73 Å². The summed E-state index contributed by atoms with van der Waals surface area (Å²) >= 11 is 0. The average Bonchev–Trinajstić information content (AvgIpc) is 2.47. The first-order valence-electron chi connectivity index (χ1n) is 6.41. The number of pyridine rings is 1. The van der Waals surface area contributed by atoms with Gasteiger partial charge >= 0.3 is 0 Å². The standard InChI is InChI=1S/C14H13N3O2S/c1-3-20(19,16-15-2)13-9-5-4-8-12(13)17-11-7-6-10-14(17)18/h4-11H,3H2,1H3/i6T. The molecule has 0 aliphatic rings. The Morgan fingerprint density at radius 3 is 2.80 bits per heavy atom. The van der Waals surface area contributed by atoms with E-state index in [0.29, 0.717) is 10.6 Å². The minimum atomic E-state index is -2.90. The normalized spacial score (nSPS) is 13.9. The molecule has 0 amide bonds. The van der Waals surface area contributed by atoms with Gasteiger partial charge in [-0.2, -0.15) is 6.57 Å². The summed E-state index contributed by atoms with van der Waals surface area (Å²) in [7, 11) is -2.90. The second-order valence-electron chi connectivity index (χ2n) is 3.91. The van der Waals surface area contributed by atoms with Gasteiger partial charge in [-0.3, -0.25) is 9.36 Å². The monoisotopic (exact) mass is 289 g/mol. The van der Waals surface area contributed by atoms with Crippen LogP contribution in [0.3, 0.4) is 0 Å². The van der Waals surface area contributed by atoms with Crippen LogP contribution >= 0.6 is 0 Å². The van der Waals surface area contributed by atoms with E-state index in [9.17, 15) is 9.00 Å². The highest BCUT2D eigenvalue weighted by atomic mass is 32.2. The van der Waals surface area contributed by atoms with Crippen LogP contribution in [0.15, 0.2) is 62.8 Å². The Bertz CT molecular complexity index is 890. The van der Waals surface area contributed by atoms with E-state index >= 15 is 0 Å². The number of rotatable bonds is 3. The van der Waals surface area contributed by atoms with E-state index < -0.39 is 15.3 Å². The molecule has 1 aromatic carbocycles. The summed E-state index contributed by atoms with van der Waals surface area (Å²) in [6, 6.07) is 9.42. The number of hydrogen-bond acceptors (Lipinski definition) is 3. The number of aromatic nitrogens is 1. The molecule has 5 nitrogen and oxygen atoms in total. The molecule has 0 saturated heterocycles. The summed E-state index contributed by atoms with van der Waals surface area (Å²) in [4.78, 5) is 15.3. The highest BCUT2D eigenvalue weighted by Crippen LogP contribution is 2.22. The molecule has 1 aromatic heterocycles. The van der Waals surface area contributed by atoms with Gasteiger partial charge in [0.1, 0.15) is 4.47 Å². The zero-order chi connectivity index (χ0) is 15.5. The third-order valence-electron chi connectivity index (χ3n) is 2.80. The number of para-hydroxylation sites is 1. The molecule has 1 heterocycles. The average molecular weight is 289 g/mol. The predicted molar refractivity (Wildman–Crippen MR) is 78.0 cm³/mol. The zero-order valence-corrected chi connectivity index (χ0v) is 11.6. The third kappa shape index (κ3) is 2.49. The van der Waals surface area contributed by atoms with E-state index in [4.69, 9.17) is 7.94 Å². The van der Waals surface area contributed by atoms with Crippen molar-refractivity contribution < 1.29 is 5.58 Å². The molecule has 1 atom stereocenters. The Labute approximate surface area is 118 Å². The van der Waals surface area contributed by atoms with Gasteiger partial charge in [0.15, 0.2) is 9.73 Å². The highest BCUT2D eigenvalue weighted by molar-refractivity contribution is 7.93. The Morgan fingerprint density at radius 2 is 2.15 bits per heavy atom. The molecule has 0 fully saturated rings. The summed E-state index contributed by atoms with van der Waals surface area (Å²) in [6.45, 7) is 8.53. The lowest BCUT2D eigenvalue weighted by Crippen LogP contribution is -2.18. The zero-order valence-electron chi connectivity index (χ0n) is 11.8. The first-order valence-corrected chi connectivity index (χ1v) is 7.59. The van der Waals surface area contributed by atoms with Crippen LogP contribution in [0.25, 0.3) is 10.6 Å². The summed E-state index contributed by atoms with van der Waals surface area (Å²) in [5.41, 5.74) is 0.0253. The van der Waals surface area contributed by atoms with Crippen LogP contribution in [0.2, 0.25) is 0 Å². The van der Waals surface area contributed by atoms with Gasteiger partial charge < -0.3 is 0 Å².